The number of carbonyl (C=O) groups excluding carboxylic acids is 1. The molecule has 0 aliphatic carbocycles. The summed E-state index contributed by atoms with van der Waals surface area (Å²) in [6, 6.07) is 2.24. The SMILES string of the molecule is CC(C)N(C)C(=O)CNCCc1ccn(C)n1. The summed E-state index contributed by atoms with van der Waals surface area (Å²) in [5.74, 6) is 0.126. The van der Waals surface area contributed by atoms with Crippen molar-refractivity contribution in [1.29, 1.82) is 0 Å². The maximum atomic E-state index is 11.6. The van der Waals surface area contributed by atoms with Gasteiger partial charge >= 0.3 is 0 Å². The molecular weight excluding hydrogens is 216 g/mol. The van der Waals surface area contributed by atoms with Crippen LogP contribution in [0.15, 0.2) is 12.3 Å². The maximum absolute atomic E-state index is 11.6. The minimum atomic E-state index is 0.126. The minimum absolute atomic E-state index is 0.126. The fraction of sp³-hybridized carbons (Fsp3) is 0.667. The van der Waals surface area contributed by atoms with Gasteiger partial charge in [0.25, 0.3) is 0 Å². The van der Waals surface area contributed by atoms with E-state index < -0.39 is 0 Å². The molecule has 0 aromatic carbocycles. The van der Waals surface area contributed by atoms with Gasteiger partial charge in [0.2, 0.25) is 5.91 Å². The Morgan fingerprint density at radius 1 is 1.59 bits per heavy atom. The highest BCUT2D eigenvalue weighted by atomic mass is 16.2. The Morgan fingerprint density at radius 2 is 2.29 bits per heavy atom. The summed E-state index contributed by atoms with van der Waals surface area (Å²) in [6.45, 7) is 5.17. The number of amides is 1. The molecular formula is C12H22N4O. The van der Waals surface area contributed by atoms with Crippen molar-refractivity contribution in [2.75, 3.05) is 20.1 Å². The lowest BCUT2D eigenvalue weighted by atomic mass is 10.3. The molecule has 0 aliphatic heterocycles. The van der Waals surface area contributed by atoms with Crippen molar-refractivity contribution in [2.45, 2.75) is 26.3 Å². The third-order valence-corrected chi connectivity index (χ3v) is 2.77. The number of likely N-dealkylation sites (N-methyl/N-ethyl adjacent to an activating group) is 1. The molecule has 5 nitrogen and oxygen atoms in total. The van der Waals surface area contributed by atoms with Gasteiger partial charge in [0, 0.05) is 39.3 Å². The van der Waals surface area contributed by atoms with E-state index >= 15 is 0 Å². The number of aromatic nitrogens is 2. The number of rotatable bonds is 6. The quantitative estimate of drug-likeness (QED) is 0.731. The highest BCUT2D eigenvalue weighted by Crippen LogP contribution is 1.95. The summed E-state index contributed by atoms with van der Waals surface area (Å²) < 4.78 is 1.78. The molecule has 0 radical (unpaired) electrons. The maximum Gasteiger partial charge on any atom is 0.236 e. The van der Waals surface area contributed by atoms with Crippen LogP contribution in [0.3, 0.4) is 0 Å². The van der Waals surface area contributed by atoms with Gasteiger partial charge in [0.1, 0.15) is 0 Å². The topological polar surface area (TPSA) is 50.2 Å². The summed E-state index contributed by atoms with van der Waals surface area (Å²) in [6.07, 6.45) is 2.77. The lowest BCUT2D eigenvalue weighted by Gasteiger charge is -2.21. The molecule has 0 unspecified atom stereocenters. The van der Waals surface area contributed by atoms with Crippen LogP contribution in [-0.2, 0) is 18.3 Å². The van der Waals surface area contributed by atoms with Gasteiger partial charge in [0.15, 0.2) is 0 Å². The summed E-state index contributed by atoms with van der Waals surface area (Å²) in [5.41, 5.74) is 1.05. The largest absolute Gasteiger partial charge is 0.342 e. The highest BCUT2D eigenvalue weighted by Gasteiger charge is 2.10. The molecule has 0 aliphatic rings. The Balaban J connectivity index is 2.18. The van der Waals surface area contributed by atoms with Crippen LogP contribution in [0.5, 0.6) is 0 Å². The van der Waals surface area contributed by atoms with E-state index in [9.17, 15) is 4.79 Å². The molecule has 1 N–H and O–H groups in total. The minimum Gasteiger partial charge on any atom is -0.342 e. The molecule has 0 bridgehead atoms. The van der Waals surface area contributed by atoms with E-state index in [1.54, 1.807) is 9.58 Å². The van der Waals surface area contributed by atoms with Crippen molar-refractivity contribution in [1.82, 2.24) is 20.0 Å². The van der Waals surface area contributed by atoms with Crippen LogP contribution >= 0.6 is 0 Å². The van der Waals surface area contributed by atoms with Crippen LogP contribution in [-0.4, -0.2) is 46.8 Å². The van der Waals surface area contributed by atoms with Gasteiger partial charge in [-0.25, -0.2) is 0 Å². The van der Waals surface area contributed by atoms with Crippen LogP contribution in [0.2, 0.25) is 0 Å². The number of carbonyl (C=O) groups is 1. The molecule has 1 aromatic heterocycles. The van der Waals surface area contributed by atoms with Crippen molar-refractivity contribution in [2.24, 2.45) is 7.05 Å². The van der Waals surface area contributed by atoms with E-state index in [-0.39, 0.29) is 11.9 Å². The number of nitrogens with zero attached hydrogens (tertiary/aromatic N) is 3. The first-order chi connectivity index (χ1) is 8.00. The Kier molecular flexibility index (Phi) is 5.15. The average molecular weight is 238 g/mol. The molecule has 5 heteroatoms. The molecule has 1 aromatic rings. The van der Waals surface area contributed by atoms with Crippen LogP contribution < -0.4 is 5.32 Å². The molecule has 0 saturated heterocycles. The normalized spacial score (nSPS) is 10.9. The second-order valence-corrected chi connectivity index (χ2v) is 4.51. The lowest BCUT2D eigenvalue weighted by Crippen LogP contribution is -2.39. The number of nitrogens with one attached hydrogen (secondary N) is 1. The van der Waals surface area contributed by atoms with Crippen molar-refractivity contribution in [3.05, 3.63) is 18.0 Å². The Morgan fingerprint density at radius 3 is 2.82 bits per heavy atom. The molecule has 1 rings (SSSR count). The number of hydrogen-bond donors (Lipinski definition) is 1. The van der Waals surface area contributed by atoms with Crippen LogP contribution in [0, 0.1) is 0 Å². The first-order valence-corrected chi connectivity index (χ1v) is 5.95. The standard InChI is InChI=1S/C12H22N4O/c1-10(2)16(4)12(17)9-13-7-5-11-6-8-15(3)14-11/h6,8,10,13H,5,7,9H2,1-4H3. The van der Waals surface area contributed by atoms with E-state index in [1.165, 1.54) is 0 Å². The molecule has 0 saturated carbocycles. The number of hydrogen-bond acceptors (Lipinski definition) is 3. The average Bonchev–Trinajstić information content (AvgIpc) is 2.69. The van der Waals surface area contributed by atoms with Crippen molar-refractivity contribution < 1.29 is 4.79 Å². The van der Waals surface area contributed by atoms with Crippen molar-refractivity contribution in [3.63, 3.8) is 0 Å². The molecule has 1 amide bonds. The predicted molar refractivity (Wildman–Crippen MR) is 67.7 cm³/mol. The second kappa shape index (κ2) is 6.39. The van der Waals surface area contributed by atoms with Crippen molar-refractivity contribution >= 4 is 5.91 Å². The third-order valence-electron chi connectivity index (χ3n) is 2.77. The fourth-order valence-electron chi connectivity index (χ4n) is 1.42. The van der Waals surface area contributed by atoms with Gasteiger partial charge in [-0.3, -0.25) is 9.48 Å². The van der Waals surface area contributed by atoms with E-state index in [0.29, 0.717) is 6.54 Å². The zero-order valence-electron chi connectivity index (χ0n) is 11.1. The zero-order chi connectivity index (χ0) is 12.8. The molecule has 0 atom stereocenters. The van der Waals surface area contributed by atoms with Crippen LogP contribution in [0.4, 0.5) is 0 Å². The van der Waals surface area contributed by atoms with Gasteiger partial charge in [0.05, 0.1) is 12.2 Å². The van der Waals surface area contributed by atoms with E-state index in [4.69, 9.17) is 0 Å². The molecule has 1 heterocycles. The molecule has 17 heavy (non-hydrogen) atoms. The van der Waals surface area contributed by atoms with E-state index in [1.807, 2.05) is 40.2 Å². The second-order valence-electron chi connectivity index (χ2n) is 4.51. The molecule has 0 spiro atoms. The van der Waals surface area contributed by atoms with Gasteiger partial charge in [-0.2, -0.15) is 5.10 Å². The Hall–Kier alpha value is -1.36. The van der Waals surface area contributed by atoms with Gasteiger partial charge in [-0.15, -0.1) is 0 Å². The fourth-order valence-corrected chi connectivity index (χ4v) is 1.42. The lowest BCUT2D eigenvalue weighted by molar-refractivity contribution is -0.130. The first kappa shape index (κ1) is 13.7. The molecule has 96 valence electrons. The summed E-state index contributed by atoms with van der Waals surface area (Å²) in [5, 5.41) is 7.41. The van der Waals surface area contributed by atoms with Crippen LogP contribution in [0.1, 0.15) is 19.5 Å². The van der Waals surface area contributed by atoms with E-state index in [2.05, 4.69) is 10.4 Å². The monoisotopic (exact) mass is 238 g/mol. The Bertz CT molecular complexity index is 359. The predicted octanol–water partition coefficient (Wildman–Crippen LogP) is 0.419. The smallest absolute Gasteiger partial charge is 0.236 e. The summed E-state index contributed by atoms with van der Waals surface area (Å²) in [7, 11) is 3.73. The Labute approximate surface area is 103 Å². The highest BCUT2D eigenvalue weighted by molar-refractivity contribution is 5.78. The molecule has 0 fully saturated rings. The number of aryl methyl sites for hydroxylation is 1. The van der Waals surface area contributed by atoms with Crippen molar-refractivity contribution in [3.8, 4) is 0 Å². The van der Waals surface area contributed by atoms with E-state index in [0.717, 1.165) is 18.7 Å². The first-order valence-electron chi connectivity index (χ1n) is 5.95. The zero-order valence-corrected chi connectivity index (χ0v) is 11.1. The summed E-state index contributed by atoms with van der Waals surface area (Å²) >= 11 is 0. The third kappa shape index (κ3) is 4.56. The van der Waals surface area contributed by atoms with Gasteiger partial charge in [-0.1, -0.05) is 0 Å². The summed E-state index contributed by atoms with van der Waals surface area (Å²) in [4.78, 5) is 13.4. The van der Waals surface area contributed by atoms with Gasteiger partial charge in [-0.05, 0) is 19.9 Å². The van der Waals surface area contributed by atoms with Gasteiger partial charge < -0.3 is 10.2 Å². The van der Waals surface area contributed by atoms with Crippen LogP contribution in [0.25, 0.3) is 0 Å².